The lowest BCUT2D eigenvalue weighted by atomic mass is 10.1. The zero-order valence-corrected chi connectivity index (χ0v) is 14.8. The molecule has 0 fully saturated rings. The highest BCUT2D eigenvalue weighted by atomic mass is 16.5. The smallest absolute Gasteiger partial charge is 0.269 e. The largest absolute Gasteiger partial charge is 0.438 e. The van der Waals surface area contributed by atoms with Crippen molar-refractivity contribution in [1.82, 2.24) is 9.38 Å². The van der Waals surface area contributed by atoms with Crippen LogP contribution in [-0.2, 0) is 4.79 Å². The molecular weight excluding hydrogens is 344 g/mol. The Kier molecular flexibility index (Phi) is 4.73. The summed E-state index contributed by atoms with van der Waals surface area (Å²) in [6.07, 6.45) is 2.65. The number of benzene rings is 1. The molecule has 27 heavy (non-hydrogen) atoms. The molecule has 3 aromatic rings. The van der Waals surface area contributed by atoms with Gasteiger partial charge >= 0.3 is 0 Å². The zero-order valence-electron chi connectivity index (χ0n) is 14.8. The van der Waals surface area contributed by atoms with Gasteiger partial charge in [0.1, 0.15) is 28.6 Å². The number of amides is 1. The highest BCUT2D eigenvalue weighted by molar-refractivity contribution is 6.00. The maximum absolute atomic E-state index is 12.9. The highest BCUT2D eigenvalue weighted by Crippen LogP contribution is 2.25. The third-order valence-electron chi connectivity index (χ3n) is 3.82. The molecule has 0 saturated carbocycles. The van der Waals surface area contributed by atoms with E-state index < -0.39 is 11.5 Å². The van der Waals surface area contributed by atoms with Gasteiger partial charge in [-0.25, -0.2) is 0 Å². The second-order valence-corrected chi connectivity index (χ2v) is 6.02. The number of nitrogens with zero attached hydrogens (tertiary/aromatic N) is 3. The molecule has 1 amide bonds. The minimum absolute atomic E-state index is 0.00907. The molecular formula is C20H16N4O3. The predicted molar refractivity (Wildman–Crippen MR) is 100 cm³/mol. The van der Waals surface area contributed by atoms with Crippen LogP contribution in [0, 0.1) is 25.2 Å². The van der Waals surface area contributed by atoms with E-state index in [1.54, 1.807) is 42.6 Å². The maximum Gasteiger partial charge on any atom is 0.269 e. The van der Waals surface area contributed by atoms with Crippen LogP contribution in [0.5, 0.6) is 11.6 Å². The summed E-state index contributed by atoms with van der Waals surface area (Å²) >= 11 is 0. The summed E-state index contributed by atoms with van der Waals surface area (Å²) in [4.78, 5) is 28.7. The van der Waals surface area contributed by atoms with Gasteiger partial charge in [-0.3, -0.25) is 14.0 Å². The summed E-state index contributed by atoms with van der Waals surface area (Å²) in [5.41, 5.74) is 6.66. The van der Waals surface area contributed by atoms with Crippen LogP contribution in [0.2, 0.25) is 0 Å². The minimum Gasteiger partial charge on any atom is -0.438 e. The molecule has 0 bridgehead atoms. The predicted octanol–water partition coefficient (Wildman–Crippen LogP) is 2.50. The second-order valence-electron chi connectivity index (χ2n) is 6.02. The normalized spacial score (nSPS) is 11.2. The molecule has 0 radical (unpaired) electrons. The molecule has 0 aliphatic rings. The van der Waals surface area contributed by atoms with E-state index in [1.165, 1.54) is 4.40 Å². The number of carbonyl (C=O) groups is 1. The number of fused-ring (bicyclic) bond motifs is 1. The zero-order chi connectivity index (χ0) is 19.6. The van der Waals surface area contributed by atoms with Crippen LogP contribution in [0.25, 0.3) is 11.7 Å². The number of aromatic nitrogens is 2. The summed E-state index contributed by atoms with van der Waals surface area (Å²) in [5.74, 6) is -0.454. The number of hydrogen-bond donors (Lipinski definition) is 1. The molecule has 2 aromatic heterocycles. The van der Waals surface area contributed by atoms with Crippen molar-refractivity contribution in [3.8, 4) is 17.7 Å². The van der Waals surface area contributed by atoms with Crippen molar-refractivity contribution in [2.45, 2.75) is 13.8 Å². The molecule has 0 aliphatic carbocycles. The number of rotatable bonds is 4. The van der Waals surface area contributed by atoms with Gasteiger partial charge in [0, 0.05) is 6.20 Å². The molecule has 2 heterocycles. The van der Waals surface area contributed by atoms with E-state index in [0.29, 0.717) is 11.4 Å². The second kappa shape index (κ2) is 7.14. The van der Waals surface area contributed by atoms with Crippen molar-refractivity contribution >= 4 is 17.6 Å². The van der Waals surface area contributed by atoms with Crippen molar-refractivity contribution < 1.29 is 9.53 Å². The lowest BCUT2D eigenvalue weighted by molar-refractivity contribution is -0.114. The van der Waals surface area contributed by atoms with Crippen LogP contribution >= 0.6 is 0 Å². The molecule has 0 aliphatic heterocycles. The fourth-order valence-corrected chi connectivity index (χ4v) is 2.69. The lowest BCUT2D eigenvalue weighted by Crippen LogP contribution is -2.20. The molecule has 0 atom stereocenters. The van der Waals surface area contributed by atoms with Gasteiger partial charge in [0.15, 0.2) is 0 Å². The van der Waals surface area contributed by atoms with Crippen LogP contribution in [0.4, 0.5) is 0 Å². The van der Waals surface area contributed by atoms with Gasteiger partial charge in [0.25, 0.3) is 11.5 Å². The van der Waals surface area contributed by atoms with Crippen LogP contribution in [-0.4, -0.2) is 15.3 Å². The summed E-state index contributed by atoms with van der Waals surface area (Å²) in [6.45, 7) is 3.84. The van der Waals surface area contributed by atoms with Crippen LogP contribution in [0.1, 0.15) is 16.7 Å². The van der Waals surface area contributed by atoms with E-state index >= 15 is 0 Å². The average molecular weight is 360 g/mol. The quantitative estimate of drug-likeness (QED) is 0.568. The number of hydrogen-bond acceptors (Lipinski definition) is 5. The Balaban J connectivity index is 2.26. The van der Waals surface area contributed by atoms with Crippen LogP contribution in [0.3, 0.4) is 0 Å². The van der Waals surface area contributed by atoms with Crippen molar-refractivity contribution in [1.29, 1.82) is 5.26 Å². The van der Waals surface area contributed by atoms with E-state index in [1.807, 2.05) is 19.9 Å². The lowest BCUT2D eigenvalue weighted by Gasteiger charge is -2.11. The van der Waals surface area contributed by atoms with Gasteiger partial charge < -0.3 is 10.5 Å². The molecule has 134 valence electrons. The van der Waals surface area contributed by atoms with E-state index in [0.717, 1.165) is 17.2 Å². The highest BCUT2D eigenvalue weighted by Gasteiger charge is 2.16. The molecule has 2 N–H and O–H groups in total. The molecule has 1 aromatic carbocycles. The topological polar surface area (TPSA) is 110 Å². The van der Waals surface area contributed by atoms with Gasteiger partial charge in [0.2, 0.25) is 5.88 Å². The van der Waals surface area contributed by atoms with Gasteiger partial charge in [-0.2, -0.15) is 10.2 Å². The molecule has 7 nitrogen and oxygen atoms in total. The number of nitriles is 1. The van der Waals surface area contributed by atoms with Crippen LogP contribution < -0.4 is 16.0 Å². The molecule has 0 unspecified atom stereocenters. The van der Waals surface area contributed by atoms with E-state index in [9.17, 15) is 9.59 Å². The summed E-state index contributed by atoms with van der Waals surface area (Å²) in [7, 11) is 0. The van der Waals surface area contributed by atoms with E-state index in [2.05, 4.69) is 4.98 Å². The summed E-state index contributed by atoms with van der Waals surface area (Å²) in [6, 6.07) is 12.3. The standard InChI is InChI=1S/C20H16N4O3/c1-12-7-13(2)9-15(8-12)27-19-16(10-14(11-21)18(22)25)20(26)24-6-4-3-5-17(24)23-19/h3-10H,1-2H3,(H2,22,25). The fourth-order valence-electron chi connectivity index (χ4n) is 2.69. The van der Waals surface area contributed by atoms with E-state index in [-0.39, 0.29) is 17.0 Å². The van der Waals surface area contributed by atoms with E-state index in [4.69, 9.17) is 15.7 Å². The fraction of sp³-hybridized carbons (Fsp3) is 0.100. The summed E-state index contributed by atoms with van der Waals surface area (Å²) in [5, 5.41) is 9.13. The van der Waals surface area contributed by atoms with Crippen molar-refractivity contribution in [2.75, 3.05) is 0 Å². The number of pyridine rings is 1. The van der Waals surface area contributed by atoms with Gasteiger partial charge in [-0.05, 0) is 55.3 Å². The summed E-state index contributed by atoms with van der Waals surface area (Å²) < 4.78 is 7.16. The number of carbonyl (C=O) groups excluding carboxylic acids is 1. The van der Waals surface area contributed by atoms with Crippen molar-refractivity contribution in [3.05, 3.63) is 75.2 Å². The molecule has 3 rings (SSSR count). The first-order valence-electron chi connectivity index (χ1n) is 8.08. The first-order chi connectivity index (χ1) is 12.9. The number of ether oxygens (including phenoxy) is 1. The first kappa shape index (κ1) is 17.9. The minimum atomic E-state index is -0.938. The maximum atomic E-state index is 12.9. The third-order valence-corrected chi connectivity index (χ3v) is 3.82. The van der Waals surface area contributed by atoms with Crippen LogP contribution in [0.15, 0.2) is 53.0 Å². The SMILES string of the molecule is Cc1cc(C)cc(Oc2nc3ccccn3c(=O)c2C=C(C#N)C(N)=O)c1. The van der Waals surface area contributed by atoms with Gasteiger partial charge in [0.05, 0.1) is 0 Å². The third kappa shape index (κ3) is 3.70. The average Bonchev–Trinajstić information content (AvgIpc) is 2.60. The van der Waals surface area contributed by atoms with Gasteiger partial charge in [-0.1, -0.05) is 12.1 Å². The Hall–Kier alpha value is -3.92. The Morgan fingerprint density at radius 3 is 2.59 bits per heavy atom. The number of aryl methyl sites for hydroxylation is 2. The molecule has 0 saturated heterocycles. The Bertz CT molecular complexity index is 1170. The Morgan fingerprint density at radius 2 is 1.96 bits per heavy atom. The first-order valence-corrected chi connectivity index (χ1v) is 8.08. The van der Waals surface area contributed by atoms with Crippen molar-refractivity contribution in [3.63, 3.8) is 0 Å². The van der Waals surface area contributed by atoms with Gasteiger partial charge in [-0.15, -0.1) is 0 Å². The Morgan fingerprint density at radius 1 is 1.26 bits per heavy atom. The number of nitrogens with two attached hydrogens (primary N) is 1. The molecule has 7 heteroatoms. The van der Waals surface area contributed by atoms with Crippen molar-refractivity contribution in [2.24, 2.45) is 5.73 Å². The Labute approximate surface area is 155 Å². The molecule has 0 spiro atoms. The monoisotopic (exact) mass is 360 g/mol. The number of primary amides is 1.